The maximum Gasteiger partial charge on any atom is 0.341 e. The van der Waals surface area contributed by atoms with E-state index < -0.39 is 29.8 Å². The number of ether oxygens (including phenoxy) is 7. The molecule has 12 heteroatoms. The lowest BCUT2D eigenvalue weighted by molar-refractivity contribution is -0.146. The summed E-state index contributed by atoms with van der Waals surface area (Å²) in [5.74, 6) is -2.72. The summed E-state index contributed by atoms with van der Waals surface area (Å²) in [5.41, 5.74) is 1.64. The Bertz CT molecular complexity index is 1730. The van der Waals surface area contributed by atoms with Gasteiger partial charge in [0.25, 0.3) is 0 Å². The molecule has 12 nitrogen and oxygen atoms in total. The maximum atomic E-state index is 12.5. The SMILES string of the molecule is C=C(C)C(=O)OCOc1ccc(C=CC(=O)Oc2ccc(OC(=O)C=Cc3ccc(OCOC(=O)C(=C)C)cc3)c(C(=O)OC)c2)cc1. The zero-order valence-corrected chi connectivity index (χ0v) is 26.4. The molecule has 0 atom stereocenters. The van der Waals surface area contributed by atoms with E-state index >= 15 is 0 Å². The second-order valence-corrected chi connectivity index (χ2v) is 9.75. The molecule has 3 rings (SSSR count). The Morgan fingerprint density at radius 2 is 1.06 bits per heavy atom. The second kappa shape index (κ2) is 17.9. The Kier molecular flexibility index (Phi) is 13.4. The Morgan fingerprint density at radius 3 is 1.50 bits per heavy atom. The topological polar surface area (TPSA) is 150 Å². The van der Waals surface area contributed by atoms with Crippen LogP contribution in [0.2, 0.25) is 0 Å². The lowest BCUT2D eigenvalue weighted by Gasteiger charge is -2.10. The van der Waals surface area contributed by atoms with E-state index in [4.69, 9.17) is 33.2 Å². The van der Waals surface area contributed by atoms with Crippen LogP contribution in [0.15, 0.2) is 103 Å². The van der Waals surface area contributed by atoms with Crippen LogP contribution in [0.1, 0.15) is 35.3 Å². The predicted molar refractivity (Wildman–Crippen MR) is 173 cm³/mol. The minimum absolute atomic E-state index is 0.00477. The second-order valence-electron chi connectivity index (χ2n) is 9.75. The van der Waals surface area contributed by atoms with Crippen LogP contribution < -0.4 is 18.9 Å². The monoisotopic (exact) mass is 656 g/mol. The van der Waals surface area contributed by atoms with Gasteiger partial charge in [-0.05, 0) is 79.6 Å². The summed E-state index contributed by atoms with van der Waals surface area (Å²) in [6.07, 6.45) is 5.31. The quantitative estimate of drug-likeness (QED) is 0.0657. The van der Waals surface area contributed by atoms with Crippen LogP contribution >= 0.6 is 0 Å². The van der Waals surface area contributed by atoms with Gasteiger partial charge in [-0.25, -0.2) is 24.0 Å². The van der Waals surface area contributed by atoms with Gasteiger partial charge in [0.05, 0.1) is 7.11 Å². The Labute approximate surface area is 276 Å². The number of methoxy groups -OCH3 is 1. The highest BCUT2D eigenvalue weighted by Gasteiger charge is 2.17. The summed E-state index contributed by atoms with van der Waals surface area (Å²) in [6, 6.07) is 17.0. The molecule has 0 amide bonds. The smallest absolute Gasteiger partial charge is 0.341 e. The first-order valence-electron chi connectivity index (χ1n) is 14.1. The van der Waals surface area contributed by atoms with Crippen molar-refractivity contribution < 1.29 is 57.1 Å². The van der Waals surface area contributed by atoms with Crippen LogP contribution in [0.25, 0.3) is 12.2 Å². The molecule has 0 bridgehead atoms. The molecule has 248 valence electrons. The van der Waals surface area contributed by atoms with Gasteiger partial charge >= 0.3 is 29.8 Å². The zero-order chi connectivity index (χ0) is 35.1. The van der Waals surface area contributed by atoms with Crippen molar-refractivity contribution in [3.8, 4) is 23.0 Å². The number of carbonyl (C=O) groups is 5. The molecule has 0 saturated heterocycles. The largest absolute Gasteiger partial charge is 0.465 e. The highest BCUT2D eigenvalue weighted by atomic mass is 16.7. The molecule has 0 heterocycles. The van der Waals surface area contributed by atoms with Gasteiger partial charge in [-0.15, -0.1) is 0 Å². The van der Waals surface area contributed by atoms with Gasteiger partial charge in [-0.1, -0.05) is 37.4 Å². The summed E-state index contributed by atoms with van der Waals surface area (Å²) in [4.78, 5) is 60.2. The average Bonchev–Trinajstić information content (AvgIpc) is 3.07. The molecule has 3 aromatic carbocycles. The third kappa shape index (κ3) is 11.8. The fourth-order valence-electron chi connectivity index (χ4n) is 3.45. The third-order valence-corrected chi connectivity index (χ3v) is 5.90. The highest BCUT2D eigenvalue weighted by Crippen LogP contribution is 2.26. The van der Waals surface area contributed by atoms with Gasteiger partial charge in [0.15, 0.2) is 0 Å². The number of carbonyl (C=O) groups excluding carboxylic acids is 5. The van der Waals surface area contributed by atoms with Gasteiger partial charge in [0.1, 0.15) is 28.6 Å². The van der Waals surface area contributed by atoms with Gasteiger partial charge in [0.2, 0.25) is 13.6 Å². The summed E-state index contributed by atoms with van der Waals surface area (Å²) in [7, 11) is 1.15. The molecule has 0 saturated carbocycles. The summed E-state index contributed by atoms with van der Waals surface area (Å²) in [5, 5.41) is 0. The van der Waals surface area contributed by atoms with Crippen molar-refractivity contribution in [1.82, 2.24) is 0 Å². The number of hydrogen-bond donors (Lipinski definition) is 0. The van der Waals surface area contributed by atoms with Crippen molar-refractivity contribution in [2.24, 2.45) is 0 Å². The molecule has 0 aliphatic carbocycles. The fraction of sp³-hybridized carbons (Fsp3) is 0.139. The van der Waals surface area contributed by atoms with Gasteiger partial charge in [-0.2, -0.15) is 0 Å². The minimum atomic E-state index is -0.823. The van der Waals surface area contributed by atoms with E-state index in [2.05, 4.69) is 13.2 Å². The molecule has 3 aromatic rings. The minimum Gasteiger partial charge on any atom is -0.465 e. The highest BCUT2D eigenvalue weighted by molar-refractivity contribution is 5.96. The molecule has 0 N–H and O–H groups in total. The van der Waals surface area contributed by atoms with E-state index in [1.807, 2.05) is 0 Å². The Hall–Kier alpha value is -6.43. The first-order valence-corrected chi connectivity index (χ1v) is 14.1. The predicted octanol–water partition coefficient (Wildman–Crippen LogP) is 5.62. The molecule has 0 aromatic heterocycles. The van der Waals surface area contributed by atoms with Crippen molar-refractivity contribution in [2.75, 3.05) is 20.7 Å². The third-order valence-electron chi connectivity index (χ3n) is 5.90. The molecule has 0 unspecified atom stereocenters. The van der Waals surface area contributed by atoms with E-state index in [9.17, 15) is 24.0 Å². The van der Waals surface area contributed by atoms with E-state index in [1.165, 1.54) is 50.3 Å². The average molecular weight is 657 g/mol. The fourth-order valence-corrected chi connectivity index (χ4v) is 3.45. The van der Waals surface area contributed by atoms with Crippen molar-refractivity contribution in [3.05, 3.63) is 120 Å². The van der Waals surface area contributed by atoms with Gasteiger partial charge < -0.3 is 33.2 Å². The molecule has 0 radical (unpaired) electrons. The molecular formula is C36H32O12. The van der Waals surface area contributed by atoms with Crippen molar-refractivity contribution in [1.29, 1.82) is 0 Å². The van der Waals surface area contributed by atoms with E-state index in [0.29, 0.717) is 22.6 Å². The van der Waals surface area contributed by atoms with Crippen molar-refractivity contribution in [2.45, 2.75) is 13.8 Å². The normalized spacial score (nSPS) is 10.6. The number of esters is 5. The van der Waals surface area contributed by atoms with Crippen LogP contribution in [-0.2, 0) is 33.4 Å². The molecule has 0 spiro atoms. The molecule has 0 aliphatic rings. The van der Waals surface area contributed by atoms with E-state index in [0.717, 1.165) is 13.2 Å². The summed E-state index contributed by atoms with van der Waals surface area (Å²) in [6.45, 7) is 9.45. The van der Waals surface area contributed by atoms with Crippen LogP contribution in [0, 0.1) is 0 Å². The van der Waals surface area contributed by atoms with Crippen LogP contribution in [0.3, 0.4) is 0 Å². The lowest BCUT2D eigenvalue weighted by Crippen LogP contribution is -2.11. The van der Waals surface area contributed by atoms with E-state index in [-0.39, 0.29) is 41.8 Å². The number of hydrogen-bond acceptors (Lipinski definition) is 12. The zero-order valence-electron chi connectivity index (χ0n) is 26.4. The molecule has 0 aliphatic heterocycles. The standard InChI is InChI=1S/C36H32O12/c1-23(2)34(39)45-21-43-27-12-6-25(7-13-27)10-18-32(37)47-29-16-17-31(30(20-29)36(41)42-5)48-33(38)19-11-26-8-14-28(15-9-26)44-22-46-35(40)24(3)4/h6-20H,1,3,21-22H2,2,4-5H3. The van der Waals surface area contributed by atoms with Crippen molar-refractivity contribution in [3.63, 3.8) is 0 Å². The Morgan fingerprint density at radius 1 is 0.625 bits per heavy atom. The van der Waals surface area contributed by atoms with Crippen molar-refractivity contribution >= 4 is 42.0 Å². The van der Waals surface area contributed by atoms with Crippen LogP contribution in [0.4, 0.5) is 0 Å². The molecule has 48 heavy (non-hydrogen) atoms. The van der Waals surface area contributed by atoms with Gasteiger partial charge in [0, 0.05) is 23.3 Å². The molecular weight excluding hydrogens is 624 g/mol. The molecule has 0 fully saturated rings. The number of rotatable bonds is 15. The van der Waals surface area contributed by atoms with Gasteiger partial charge in [-0.3, -0.25) is 0 Å². The summed E-state index contributed by atoms with van der Waals surface area (Å²) >= 11 is 0. The maximum absolute atomic E-state index is 12.5. The van der Waals surface area contributed by atoms with Crippen LogP contribution in [-0.4, -0.2) is 50.5 Å². The summed E-state index contributed by atoms with van der Waals surface area (Å²) < 4.78 is 35.8. The first kappa shape index (κ1) is 36.0. The van der Waals surface area contributed by atoms with Crippen LogP contribution in [0.5, 0.6) is 23.0 Å². The number of benzene rings is 3. The first-order chi connectivity index (χ1) is 22.9. The lowest BCUT2D eigenvalue weighted by atomic mass is 10.2. The van der Waals surface area contributed by atoms with E-state index in [1.54, 1.807) is 48.5 Å². The Balaban J connectivity index is 1.56.